The number of nitrogens with one attached hydrogen (secondary N) is 1. The van der Waals surface area contributed by atoms with Gasteiger partial charge in [-0.3, -0.25) is 4.98 Å². The number of aromatic nitrogens is 2. The van der Waals surface area contributed by atoms with Crippen LogP contribution in [-0.4, -0.2) is 32.2 Å². The number of sulfonamides is 1. The average Bonchev–Trinajstić information content (AvgIpc) is 2.92. The van der Waals surface area contributed by atoms with Crippen LogP contribution in [0.15, 0.2) is 40.3 Å². The van der Waals surface area contributed by atoms with Gasteiger partial charge in [-0.25, -0.2) is 13.1 Å². The van der Waals surface area contributed by atoms with Gasteiger partial charge in [0.2, 0.25) is 10.0 Å². The van der Waals surface area contributed by atoms with Gasteiger partial charge >= 0.3 is 0 Å². The molecule has 0 atom stereocenters. The summed E-state index contributed by atoms with van der Waals surface area (Å²) in [7, 11) is -2.14. The fourth-order valence-corrected chi connectivity index (χ4v) is 2.43. The van der Waals surface area contributed by atoms with Crippen molar-refractivity contribution < 1.29 is 17.7 Å². The summed E-state index contributed by atoms with van der Waals surface area (Å²) in [5, 5.41) is 3.54. The minimum Gasteiger partial charge on any atom is -0.495 e. The topological polar surface area (TPSA) is 94.3 Å². The highest BCUT2D eigenvalue weighted by Crippen LogP contribution is 2.14. The number of methoxy groups -OCH3 is 1. The highest BCUT2D eigenvalue weighted by atomic mass is 32.2. The van der Waals surface area contributed by atoms with Crippen LogP contribution in [0.4, 0.5) is 0 Å². The van der Waals surface area contributed by atoms with Crippen molar-refractivity contribution in [2.75, 3.05) is 13.7 Å². The maximum atomic E-state index is 12.0. The van der Waals surface area contributed by atoms with E-state index in [9.17, 15) is 8.42 Å². The van der Waals surface area contributed by atoms with Crippen molar-refractivity contribution in [2.45, 2.75) is 11.3 Å². The molecule has 2 aromatic rings. The van der Waals surface area contributed by atoms with Crippen LogP contribution in [0.25, 0.3) is 0 Å². The molecule has 0 spiro atoms. The van der Waals surface area contributed by atoms with Gasteiger partial charge in [-0.2, -0.15) is 0 Å². The van der Waals surface area contributed by atoms with Gasteiger partial charge in [0.25, 0.3) is 0 Å². The van der Waals surface area contributed by atoms with E-state index in [2.05, 4.69) is 19.4 Å². The molecule has 0 radical (unpaired) electrons. The first-order chi connectivity index (χ1) is 9.12. The van der Waals surface area contributed by atoms with Crippen LogP contribution in [0.5, 0.6) is 5.75 Å². The molecule has 0 saturated carbocycles. The van der Waals surface area contributed by atoms with Crippen molar-refractivity contribution in [3.8, 4) is 5.75 Å². The van der Waals surface area contributed by atoms with Gasteiger partial charge in [-0.1, -0.05) is 5.16 Å². The summed E-state index contributed by atoms with van der Waals surface area (Å²) in [6.07, 6.45) is 6.23. The predicted molar refractivity (Wildman–Crippen MR) is 66.2 cm³/mol. The van der Waals surface area contributed by atoms with Gasteiger partial charge in [0.1, 0.15) is 16.9 Å². The zero-order valence-electron chi connectivity index (χ0n) is 10.2. The van der Waals surface area contributed by atoms with Crippen LogP contribution in [0.1, 0.15) is 5.56 Å². The fraction of sp³-hybridized carbons (Fsp3) is 0.273. The van der Waals surface area contributed by atoms with Crippen LogP contribution in [0, 0.1) is 0 Å². The van der Waals surface area contributed by atoms with Gasteiger partial charge in [-0.05, 0) is 6.42 Å². The first-order valence-corrected chi connectivity index (χ1v) is 6.97. The van der Waals surface area contributed by atoms with Gasteiger partial charge in [0.15, 0.2) is 0 Å². The lowest BCUT2D eigenvalue weighted by Gasteiger charge is -2.06. The van der Waals surface area contributed by atoms with Crippen molar-refractivity contribution in [3.63, 3.8) is 0 Å². The van der Waals surface area contributed by atoms with E-state index in [4.69, 9.17) is 4.74 Å². The Labute approximate surface area is 110 Å². The average molecular weight is 283 g/mol. The summed E-state index contributed by atoms with van der Waals surface area (Å²) >= 11 is 0. The van der Waals surface area contributed by atoms with E-state index in [0.29, 0.717) is 12.2 Å². The molecule has 0 aliphatic heterocycles. The number of rotatable bonds is 6. The largest absolute Gasteiger partial charge is 0.495 e. The zero-order valence-corrected chi connectivity index (χ0v) is 11.1. The Bertz CT molecular complexity index is 625. The first-order valence-electron chi connectivity index (χ1n) is 5.49. The van der Waals surface area contributed by atoms with E-state index >= 15 is 0 Å². The molecular formula is C11H13N3O4S. The van der Waals surface area contributed by atoms with Crippen molar-refractivity contribution in [1.29, 1.82) is 0 Å². The smallest absolute Gasteiger partial charge is 0.242 e. The SMILES string of the molecule is COc1cncc(S(=O)(=O)NCCc2cnoc2)c1. The molecule has 0 aromatic carbocycles. The third kappa shape index (κ3) is 3.52. The highest BCUT2D eigenvalue weighted by molar-refractivity contribution is 7.89. The summed E-state index contributed by atoms with van der Waals surface area (Å²) in [6, 6.07) is 1.41. The lowest BCUT2D eigenvalue weighted by atomic mass is 10.3. The van der Waals surface area contributed by atoms with E-state index in [-0.39, 0.29) is 11.4 Å². The minimum atomic E-state index is -3.59. The highest BCUT2D eigenvalue weighted by Gasteiger charge is 2.14. The van der Waals surface area contributed by atoms with Gasteiger partial charge in [0, 0.05) is 24.4 Å². The standard InChI is InChI=1S/C11H13N3O4S/c1-17-10-4-11(7-12-6-10)19(15,16)14-3-2-9-5-13-18-8-9/h4-8,14H,2-3H2,1H3. The molecule has 0 saturated heterocycles. The number of hydrogen-bond donors (Lipinski definition) is 1. The maximum Gasteiger partial charge on any atom is 0.242 e. The Morgan fingerprint density at radius 2 is 2.21 bits per heavy atom. The zero-order chi connectivity index (χ0) is 13.7. The Kier molecular flexibility index (Phi) is 4.13. The van der Waals surface area contributed by atoms with Gasteiger partial charge in [-0.15, -0.1) is 0 Å². The number of ether oxygens (including phenoxy) is 1. The number of pyridine rings is 1. The van der Waals surface area contributed by atoms with Crippen LogP contribution in [-0.2, 0) is 16.4 Å². The molecule has 102 valence electrons. The third-order valence-electron chi connectivity index (χ3n) is 2.42. The first kappa shape index (κ1) is 13.5. The van der Waals surface area contributed by atoms with E-state index in [1.807, 2.05) is 0 Å². The molecule has 0 unspecified atom stereocenters. The summed E-state index contributed by atoms with van der Waals surface area (Å²) in [4.78, 5) is 3.88. The Balaban J connectivity index is 2.01. The fourth-order valence-electron chi connectivity index (χ4n) is 1.42. The molecule has 0 bridgehead atoms. The maximum absolute atomic E-state index is 12.0. The molecule has 0 fully saturated rings. The summed E-state index contributed by atoms with van der Waals surface area (Å²) in [6.45, 7) is 0.251. The lowest BCUT2D eigenvalue weighted by Crippen LogP contribution is -2.26. The molecule has 0 aliphatic carbocycles. The summed E-state index contributed by atoms with van der Waals surface area (Å²) < 4.78 is 36.0. The molecule has 7 nitrogen and oxygen atoms in total. The Morgan fingerprint density at radius 1 is 1.37 bits per heavy atom. The van der Waals surface area contributed by atoms with Crippen LogP contribution < -0.4 is 9.46 Å². The van der Waals surface area contributed by atoms with Crippen LogP contribution >= 0.6 is 0 Å². The molecular weight excluding hydrogens is 270 g/mol. The Hall–Kier alpha value is -1.93. The van der Waals surface area contributed by atoms with Crippen molar-refractivity contribution >= 4 is 10.0 Å². The quantitative estimate of drug-likeness (QED) is 0.834. The molecule has 0 amide bonds. The van der Waals surface area contributed by atoms with Crippen LogP contribution in [0.2, 0.25) is 0 Å². The molecule has 0 aliphatic rings. The van der Waals surface area contributed by atoms with Crippen LogP contribution in [0.3, 0.4) is 0 Å². The second-order valence-electron chi connectivity index (χ2n) is 3.74. The van der Waals surface area contributed by atoms with Crippen molar-refractivity contribution in [2.24, 2.45) is 0 Å². The second-order valence-corrected chi connectivity index (χ2v) is 5.51. The van der Waals surface area contributed by atoms with Gasteiger partial charge in [0.05, 0.1) is 19.5 Å². The van der Waals surface area contributed by atoms with Gasteiger partial charge < -0.3 is 9.26 Å². The molecule has 2 heterocycles. The number of hydrogen-bond acceptors (Lipinski definition) is 6. The minimum absolute atomic E-state index is 0.0668. The molecule has 8 heteroatoms. The van der Waals surface area contributed by atoms with E-state index in [1.54, 1.807) is 6.20 Å². The summed E-state index contributed by atoms with van der Waals surface area (Å²) in [5.41, 5.74) is 0.825. The van der Waals surface area contributed by atoms with E-state index in [1.165, 1.54) is 31.8 Å². The van der Waals surface area contributed by atoms with E-state index in [0.717, 1.165) is 5.56 Å². The summed E-state index contributed by atoms with van der Waals surface area (Å²) in [5.74, 6) is 0.391. The van der Waals surface area contributed by atoms with E-state index < -0.39 is 10.0 Å². The predicted octanol–water partition coefficient (Wildman–Crippen LogP) is 0.599. The normalized spacial score (nSPS) is 11.4. The molecule has 19 heavy (non-hydrogen) atoms. The Morgan fingerprint density at radius 3 is 2.89 bits per heavy atom. The second kappa shape index (κ2) is 5.81. The molecule has 2 rings (SSSR count). The third-order valence-corrected chi connectivity index (χ3v) is 3.85. The van der Waals surface area contributed by atoms with Crippen molar-refractivity contribution in [3.05, 3.63) is 36.5 Å². The molecule has 1 N–H and O–H groups in total. The number of nitrogens with zero attached hydrogens (tertiary/aromatic N) is 2. The monoisotopic (exact) mass is 283 g/mol. The lowest BCUT2D eigenvalue weighted by molar-refractivity contribution is 0.411. The molecule has 2 aromatic heterocycles. The van der Waals surface area contributed by atoms with Crippen molar-refractivity contribution in [1.82, 2.24) is 14.9 Å².